The average molecular weight is 343 g/mol. The van der Waals surface area contributed by atoms with Crippen LogP contribution in [-0.4, -0.2) is 47.8 Å². The third-order valence-corrected chi connectivity index (χ3v) is 6.14. The van der Waals surface area contributed by atoms with Crippen LogP contribution in [0.25, 0.3) is 10.2 Å². The van der Waals surface area contributed by atoms with Crippen LogP contribution in [-0.2, 0) is 6.42 Å². The molecule has 4 rings (SSSR count). The normalized spacial score (nSPS) is 19.1. The molecule has 2 aliphatic rings. The van der Waals surface area contributed by atoms with Crippen molar-refractivity contribution in [1.29, 1.82) is 5.41 Å². The lowest BCUT2D eigenvalue weighted by molar-refractivity contribution is 0.248. The van der Waals surface area contributed by atoms with Crippen LogP contribution in [0.1, 0.15) is 38.2 Å². The van der Waals surface area contributed by atoms with Crippen LogP contribution in [0.15, 0.2) is 18.2 Å². The van der Waals surface area contributed by atoms with Crippen molar-refractivity contribution in [2.75, 3.05) is 31.1 Å². The number of hydrogen-bond acceptors (Lipinski definition) is 5. The lowest BCUT2D eigenvalue weighted by atomic mass is 10.1. The second kappa shape index (κ2) is 6.81. The zero-order valence-corrected chi connectivity index (χ0v) is 15.2. The predicted molar refractivity (Wildman–Crippen MR) is 103 cm³/mol. The van der Waals surface area contributed by atoms with Crippen LogP contribution in [0, 0.1) is 5.41 Å². The SMILES string of the molecule is CCCC(=N)Cc1ccc2nc(N3CCN(C4CC4)CC3)sc2c1. The largest absolute Gasteiger partial charge is 0.345 e. The van der Waals surface area contributed by atoms with E-state index < -0.39 is 0 Å². The van der Waals surface area contributed by atoms with Crippen molar-refractivity contribution in [3.05, 3.63) is 23.8 Å². The molecule has 5 heteroatoms. The van der Waals surface area contributed by atoms with E-state index in [0.29, 0.717) is 0 Å². The summed E-state index contributed by atoms with van der Waals surface area (Å²) >= 11 is 1.81. The van der Waals surface area contributed by atoms with Crippen molar-refractivity contribution in [3.8, 4) is 0 Å². The third kappa shape index (κ3) is 3.47. The van der Waals surface area contributed by atoms with E-state index in [1.807, 2.05) is 11.3 Å². The third-order valence-electron chi connectivity index (χ3n) is 5.06. The van der Waals surface area contributed by atoms with Crippen LogP contribution >= 0.6 is 11.3 Å². The number of fused-ring (bicyclic) bond motifs is 1. The van der Waals surface area contributed by atoms with E-state index in [1.165, 1.54) is 41.3 Å². The summed E-state index contributed by atoms with van der Waals surface area (Å²) < 4.78 is 1.26. The van der Waals surface area contributed by atoms with Crippen molar-refractivity contribution in [2.24, 2.45) is 0 Å². The highest BCUT2D eigenvalue weighted by atomic mass is 32.1. The molecule has 0 amide bonds. The summed E-state index contributed by atoms with van der Waals surface area (Å²) in [5, 5.41) is 9.20. The molecular formula is C19H26N4S. The molecule has 1 N–H and O–H groups in total. The molecule has 1 saturated carbocycles. The van der Waals surface area contributed by atoms with E-state index in [-0.39, 0.29) is 0 Å². The second-order valence-electron chi connectivity index (χ2n) is 7.08. The molecule has 4 nitrogen and oxygen atoms in total. The maximum atomic E-state index is 8.03. The van der Waals surface area contributed by atoms with Crippen LogP contribution < -0.4 is 4.90 Å². The minimum Gasteiger partial charge on any atom is -0.345 e. The Kier molecular flexibility index (Phi) is 4.55. The fraction of sp³-hybridized carbons (Fsp3) is 0.579. The van der Waals surface area contributed by atoms with Crippen LogP contribution in [0.5, 0.6) is 0 Å². The first kappa shape index (κ1) is 16.0. The molecule has 0 atom stereocenters. The fourth-order valence-electron chi connectivity index (χ4n) is 3.56. The van der Waals surface area contributed by atoms with Gasteiger partial charge in [-0.2, -0.15) is 0 Å². The monoisotopic (exact) mass is 342 g/mol. The number of hydrogen-bond donors (Lipinski definition) is 1. The minimum absolute atomic E-state index is 0.775. The van der Waals surface area contributed by atoms with Gasteiger partial charge in [0.1, 0.15) is 0 Å². The predicted octanol–water partition coefficient (Wildman–Crippen LogP) is 3.94. The molecule has 2 aromatic rings. The second-order valence-corrected chi connectivity index (χ2v) is 8.09. The van der Waals surface area contributed by atoms with E-state index in [2.05, 4.69) is 34.9 Å². The average Bonchev–Trinajstić information content (AvgIpc) is 3.34. The smallest absolute Gasteiger partial charge is 0.186 e. The zero-order valence-electron chi connectivity index (χ0n) is 14.4. The Morgan fingerprint density at radius 3 is 2.75 bits per heavy atom. The summed E-state index contributed by atoms with van der Waals surface area (Å²) in [4.78, 5) is 9.94. The molecule has 1 aliphatic heterocycles. The molecule has 1 aromatic carbocycles. The molecule has 0 radical (unpaired) electrons. The van der Waals surface area contributed by atoms with Crippen molar-refractivity contribution in [3.63, 3.8) is 0 Å². The van der Waals surface area contributed by atoms with Crippen molar-refractivity contribution in [2.45, 2.75) is 45.1 Å². The molecular weight excluding hydrogens is 316 g/mol. The van der Waals surface area contributed by atoms with Gasteiger partial charge in [-0.1, -0.05) is 30.7 Å². The number of benzene rings is 1. The van der Waals surface area contributed by atoms with E-state index in [0.717, 1.165) is 49.6 Å². The highest BCUT2D eigenvalue weighted by molar-refractivity contribution is 7.22. The van der Waals surface area contributed by atoms with Crippen LogP contribution in [0.4, 0.5) is 5.13 Å². The topological polar surface area (TPSA) is 43.2 Å². The van der Waals surface area contributed by atoms with E-state index in [4.69, 9.17) is 10.4 Å². The van der Waals surface area contributed by atoms with Gasteiger partial charge in [0.05, 0.1) is 10.2 Å². The standard InChI is InChI=1S/C19H26N4S/c1-2-3-15(20)12-14-4-7-17-18(13-14)24-19(21-17)23-10-8-22(9-11-23)16-5-6-16/h4,7,13,16,20H,2-3,5-6,8-12H2,1H3. The van der Waals surface area contributed by atoms with Crippen LogP contribution in [0.2, 0.25) is 0 Å². The molecule has 1 aromatic heterocycles. The molecule has 0 spiro atoms. The number of piperazine rings is 1. The molecule has 1 aliphatic carbocycles. The molecule has 128 valence electrons. The molecule has 1 saturated heterocycles. The molecule has 24 heavy (non-hydrogen) atoms. The Balaban J connectivity index is 1.45. The van der Waals surface area contributed by atoms with Gasteiger partial charge < -0.3 is 10.3 Å². The van der Waals surface area contributed by atoms with Crippen LogP contribution in [0.3, 0.4) is 0 Å². The summed E-state index contributed by atoms with van der Waals surface area (Å²) in [6, 6.07) is 7.38. The molecule has 0 bridgehead atoms. The Bertz CT molecular complexity index is 726. The summed E-state index contributed by atoms with van der Waals surface area (Å²) in [5.74, 6) is 0. The maximum absolute atomic E-state index is 8.03. The van der Waals surface area contributed by atoms with Gasteiger partial charge >= 0.3 is 0 Å². The zero-order chi connectivity index (χ0) is 16.5. The highest BCUT2D eigenvalue weighted by Gasteiger charge is 2.31. The first-order chi connectivity index (χ1) is 11.7. The maximum Gasteiger partial charge on any atom is 0.186 e. The first-order valence-corrected chi connectivity index (χ1v) is 9.99. The number of aromatic nitrogens is 1. The van der Waals surface area contributed by atoms with Gasteiger partial charge in [-0.25, -0.2) is 4.98 Å². The lowest BCUT2D eigenvalue weighted by Crippen LogP contribution is -2.47. The van der Waals surface area contributed by atoms with E-state index in [9.17, 15) is 0 Å². The van der Waals surface area contributed by atoms with Gasteiger partial charge in [0.25, 0.3) is 0 Å². The van der Waals surface area contributed by atoms with E-state index in [1.54, 1.807) is 0 Å². The number of anilines is 1. The summed E-state index contributed by atoms with van der Waals surface area (Å²) in [7, 11) is 0. The quantitative estimate of drug-likeness (QED) is 0.809. The Labute approximate surface area is 148 Å². The Morgan fingerprint density at radius 1 is 1.25 bits per heavy atom. The number of rotatable bonds is 6. The van der Waals surface area contributed by atoms with Crippen molar-refractivity contribution < 1.29 is 0 Å². The van der Waals surface area contributed by atoms with E-state index >= 15 is 0 Å². The highest BCUT2D eigenvalue weighted by Crippen LogP contribution is 2.32. The number of nitrogens with zero attached hydrogens (tertiary/aromatic N) is 3. The van der Waals surface area contributed by atoms with Gasteiger partial charge in [0.2, 0.25) is 0 Å². The lowest BCUT2D eigenvalue weighted by Gasteiger charge is -2.34. The minimum atomic E-state index is 0.775. The summed E-state index contributed by atoms with van der Waals surface area (Å²) in [6.45, 7) is 6.70. The van der Waals surface area contributed by atoms with Gasteiger partial charge in [0, 0.05) is 44.4 Å². The molecule has 2 fully saturated rings. The summed E-state index contributed by atoms with van der Waals surface area (Å²) in [6.07, 6.45) is 5.53. The fourth-order valence-corrected chi connectivity index (χ4v) is 4.64. The number of thiazole rings is 1. The van der Waals surface area contributed by atoms with Crippen molar-refractivity contribution in [1.82, 2.24) is 9.88 Å². The summed E-state index contributed by atoms with van der Waals surface area (Å²) in [5.41, 5.74) is 3.18. The Hall–Kier alpha value is -1.46. The van der Waals surface area contributed by atoms with Gasteiger partial charge in [0.15, 0.2) is 5.13 Å². The number of nitrogens with one attached hydrogen (secondary N) is 1. The Morgan fingerprint density at radius 2 is 2.04 bits per heavy atom. The van der Waals surface area contributed by atoms with Gasteiger partial charge in [-0.3, -0.25) is 4.90 Å². The van der Waals surface area contributed by atoms with Gasteiger partial charge in [-0.15, -0.1) is 0 Å². The first-order valence-electron chi connectivity index (χ1n) is 9.17. The van der Waals surface area contributed by atoms with Crippen molar-refractivity contribution >= 4 is 32.4 Å². The molecule has 2 heterocycles. The molecule has 0 unspecified atom stereocenters. The van der Waals surface area contributed by atoms with Gasteiger partial charge in [-0.05, 0) is 37.0 Å².